The first-order valence-electron chi connectivity index (χ1n) is 4.18. The monoisotopic (exact) mass is 208 g/mol. The number of thiazole rings is 1. The van der Waals surface area contributed by atoms with Gasteiger partial charge in [0, 0.05) is 11.8 Å². The zero-order chi connectivity index (χ0) is 9.97. The number of benzene rings is 1. The van der Waals surface area contributed by atoms with Crippen LogP contribution in [0.25, 0.3) is 0 Å². The van der Waals surface area contributed by atoms with Gasteiger partial charge in [-0.05, 0) is 17.7 Å². The number of aromatic nitrogens is 1. The van der Waals surface area contributed by atoms with Crippen LogP contribution in [0.4, 0.5) is 10.2 Å². The molecule has 2 aromatic rings. The number of halogens is 1. The maximum absolute atomic E-state index is 12.6. The van der Waals surface area contributed by atoms with Gasteiger partial charge < -0.3 is 5.73 Å². The summed E-state index contributed by atoms with van der Waals surface area (Å²) in [7, 11) is 0. The van der Waals surface area contributed by atoms with Crippen molar-refractivity contribution >= 4 is 17.2 Å². The summed E-state index contributed by atoms with van der Waals surface area (Å²) in [5.41, 5.74) is 6.54. The van der Waals surface area contributed by atoms with E-state index < -0.39 is 0 Å². The Morgan fingerprint density at radius 2 is 2.00 bits per heavy atom. The number of nitrogen functional groups attached to an aromatic ring is 1. The molecule has 2 rings (SSSR count). The smallest absolute Gasteiger partial charge is 0.134 e. The highest BCUT2D eigenvalue weighted by molar-refractivity contribution is 7.10. The third-order valence-electron chi connectivity index (χ3n) is 1.84. The van der Waals surface area contributed by atoms with Gasteiger partial charge in [-0.1, -0.05) is 12.1 Å². The summed E-state index contributed by atoms with van der Waals surface area (Å²) in [6.07, 6.45) is 0.710. The summed E-state index contributed by atoms with van der Waals surface area (Å²) in [6.45, 7) is 0. The Morgan fingerprint density at radius 3 is 2.57 bits per heavy atom. The van der Waals surface area contributed by atoms with Crippen LogP contribution >= 0.6 is 11.3 Å². The zero-order valence-electron chi connectivity index (χ0n) is 7.40. The Balaban J connectivity index is 2.15. The normalized spacial score (nSPS) is 10.4. The van der Waals surface area contributed by atoms with Crippen LogP contribution in [0.1, 0.15) is 10.6 Å². The predicted molar refractivity (Wildman–Crippen MR) is 55.7 cm³/mol. The lowest BCUT2D eigenvalue weighted by atomic mass is 10.2. The molecule has 0 spiro atoms. The van der Waals surface area contributed by atoms with Crippen LogP contribution in [0.15, 0.2) is 29.6 Å². The molecule has 0 aliphatic carbocycles. The molecular weight excluding hydrogens is 199 g/mol. The van der Waals surface area contributed by atoms with E-state index in [0.717, 1.165) is 10.6 Å². The summed E-state index contributed by atoms with van der Waals surface area (Å²) in [5.74, 6) is 0.333. The van der Waals surface area contributed by atoms with Crippen LogP contribution in [-0.4, -0.2) is 4.98 Å². The first-order valence-corrected chi connectivity index (χ1v) is 5.06. The Kier molecular flexibility index (Phi) is 2.45. The number of anilines is 1. The molecular formula is C10H9FN2S. The third-order valence-corrected chi connectivity index (χ3v) is 2.71. The van der Waals surface area contributed by atoms with Crippen LogP contribution in [0.5, 0.6) is 0 Å². The largest absolute Gasteiger partial charge is 0.383 e. The highest BCUT2D eigenvalue weighted by atomic mass is 32.1. The van der Waals surface area contributed by atoms with Gasteiger partial charge in [0.25, 0.3) is 0 Å². The summed E-state index contributed by atoms with van der Waals surface area (Å²) >= 11 is 1.52. The van der Waals surface area contributed by atoms with Gasteiger partial charge in [-0.15, -0.1) is 11.3 Å². The van der Waals surface area contributed by atoms with Crippen LogP contribution < -0.4 is 5.73 Å². The SMILES string of the molecule is Nc1csc(Cc2ccc(F)cc2)n1. The van der Waals surface area contributed by atoms with E-state index in [4.69, 9.17) is 5.73 Å². The van der Waals surface area contributed by atoms with Crippen molar-refractivity contribution in [3.8, 4) is 0 Å². The van der Waals surface area contributed by atoms with Crippen LogP contribution in [-0.2, 0) is 6.42 Å². The fourth-order valence-corrected chi connectivity index (χ4v) is 1.90. The first-order chi connectivity index (χ1) is 6.74. The topological polar surface area (TPSA) is 38.9 Å². The van der Waals surface area contributed by atoms with Crippen molar-refractivity contribution < 1.29 is 4.39 Å². The molecule has 0 amide bonds. The van der Waals surface area contributed by atoms with Crippen LogP contribution in [0, 0.1) is 5.82 Å². The van der Waals surface area contributed by atoms with E-state index in [2.05, 4.69) is 4.98 Å². The molecule has 0 fully saturated rings. The number of nitrogens with zero attached hydrogens (tertiary/aromatic N) is 1. The summed E-state index contributed by atoms with van der Waals surface area (Å²) < 4.78 is 12.6. The molecule has 0 bridgehead atoms. The second kappa shape index (κ2) is 3.75. The van der Waals surface area contributed by atoms with Crippen LogP contribution in [0.2, 0.25) is 0 Å². The fourth-order valence-electron chi connectivity index (χ4n) is 1.18. The van der Waals surface area contributed by atoms with Crippen molar-refractivity contribution in [1.82, 2.24) is 4.98 Å². The average molecular weight is 208 g/mol. The predicted octanol–water partition coefficient (Wildman–Crippen LogP) is 2.46. The van der Waals surface area contributed by atoms with Gasteiger partial charge in [0.15, 0.2) is 0 Å². The van der Waals surface area contributed by atoms with E-state index in [1.165, 1.54) is 23.5 Å². The quantitative estimate of drug-likeness (QED) is 0.823. The standard InChI is InChI=1S/C10H9FN2S/c11-8-3-1-7(2-4-8)5-10-13-9(12)6-14-10/h1-4,6H,5,12H2. The van der Waals surface area contributed by atoms with Gasteiger partial charge in [-0.3, -0.25) is 0 Å². The van der Waals surface area contributed by atoms with Crippen molar-refractivity contribution in [1.29, 1.82) is 0 Å². The summed E-state index contributed by atoms with van der Waals surface area (Å²) in [5, 5.41) is 2.76. The number of rotatable bonds is 2. The van der Waals surface area contributed by atoms with Gasteiger partial charge in [0.2, 0.25) is 0 Å². The maximum atomic E-state index is 12.6. The van der Waals surface area contributed by atoms with Gasteiger partial charge in [-0.25, -0.2) is 9.37 Å². The van der Waals surface area contributed by atoms with E-state index >= 15 is 0 Å². The highest BCUT2D eigenvalue weighted by Gasteiger charge is 2.00. The lowest BCUT2D eigenvalue weighted by Crippen LogP contribution is -1.89. The van der Waals surface area contributed by atoms with Crippen molar-refractivity contribution in [3.63, 3.8) is 0 Å². The molecule has 1 aromatic carbocycles. The maximum Gasteiger partial charge on any atom is 0.134 e. The van der Waals surface area contributed by atoms with Crippen molar-refractivity contribution in [3.05, 3.63) is 46.0 Å². The Labute approximate surface area is 85.2 Å². The molecule has 0 aliphatic heterocycles. The molecule has 2 N–H and O–H groups in total. The third kappa shape index (κ3) is 2.09. The lowest BCUT2D eigenvalue weighted by Gasteiger charge is -1.96. The Morgan fingerprint density at radius 1 is 1.29 bits per heavy atom. The van der Waals surface area contributed by atoms with Gasteiger partial charge in [0.05, 0.1) is 5.01 Å². The molecule has 0 radical (unpaired) electrons. The molecule has 4 heteroatoms. The molecule has 72 valence electrons. The van der Waals surface area contributed by atoms with E-state index in [0.29, 0.717) is 12.2 Å². The van der Waals surface area contributed by atoms with E-state index in [9.17, 15) is 4.39 Å². The Bertz CT molecular complexity index is 422. The lowest BCUT2D eigenvalue weighted by molar-refractivity contribution is 0.627. The molecule has 2 nitrogen and oxygen atoms in total. The van der Waals surface area contributed by atoms with E-state index in [1.807, 2.05) is 0 Å². The van der Waals surface area contributed by atoms with Crippen molar-refractivity contribution in [2.75, 3.05) is 5.73 Å². The minimum atomic E-state index is -0.215. The molecule has 1 heterocycles. The molecule has 0 unspecified atom stereocenters. The van der Waals surface area contributed by atoms with Gasteiger partial charge in [0.1, 0.15) is 11.6 Å². The fraction of sp³-hybridized carbons (Fsp3) is 0.100. The van der Waals surface area contributed by atoms with Crippen molar-refractivity contribution in [2.45, 2.75) is 6.42 Å². The minimum absolute atomic E-state index is 0.215. The van der Waals surface area contributed by atoms with E-state index in [1.54, 1.807) is 17.5 Å². The minimum Gasteiger partial charge on any atom is -0.383 e. The van der Waals surface area contributed by atoms with Gasteiger partial charge >= 0.3 is 0 Å². The second-order valence-corrected chi connectivity index (χ2v) is 3.91. The molecule has 0 atom stereocenters. The second-order valence-electron chi connectivity index (χ2n) is 2.97. The number of hydrogen-bond donors (Lipinski definition) is 1. The molecule has 0 aliphatic rings. The first kappa shape index (κ1) is 9.15. The zero-order valence-corrected chi connectivity index (χ0v) is 8.22. The average Bonchev–Trinajstić information content (AvgIpc) is 2.56. The molecule has 14 heavy (non-hydrogen) atoms. The Hall–Kier alpha value is -1.42. The van der Waals surface area contributed by atoms with Gasteiger partial charge in [-0.2, -0.15) is 0 Å². The highest BCUT2D eigenvalue weighted by Crippen LogP contribution is 2.15. The van der Waals surface area contributed by atoms with Crippen molar-refractivity contribution in [2.24, 2.45) is 0 Å². The number of hydrogen-bond acceptors (Lipinski definition) is 3. The molecule has 1 aromatic heterocycles. The molecule has 0 saturated carbocycles. The summed E-state index contributed by atoms with van der Waals surface area (Å²) in [4.78, 5) is 4.13. The summed E-state index contributed by atoms with van der Waals surface area (Å²) in [6, 6.07) is 6.42. The number of nitrogens with two attached hydrogens (primary N) is 1. The molecule has 0 saturated heterocycles. The van der Waals surface area contributed by atoms with Crippen LogP contribution in [0.3, 0.4) is 0 Å². The van der Waals surface area contributed by atoms with E-state index in [-0.39, 0.29) is 5.82 Å².